The third-order valence-electron chi connectivity index (χ3n) is 3.83. The molecule has 1 aliphatic heterocycles. The zero-order valence-corrected chi connectivity index (χ0v) is 11.0. The van der Waals surface area contributed by atoms with Crippen LogP contribution in [0.3, 0.4) is 0 Å². The highest BCUT2D eigenvalue weighted by atomic mass is 16.5. The Morgan fingerprint density at radius 3 is 2.59 bits per heavy atom. The van der Waals surface area contributed by atoms with Gasteiger partial charge in [0.1, 0.15) is 5.75 Å². The summed E-state index contributed by atoms with van der Waals surface area (Å²) in [7, 11) is 1.71. The smallest absolute Gasteiger partial charge is 0.118 e. The molecule has 0 amide bonds. The van der Waals surface area contributed by atoms with Crippen molar-refractivity contribution in [3.63, 3.8) is 0 Å². The van der Waals surface area contributed by atoms with Crippen molar-refractivity contribution in [2.75, 3.05) is 13.7 Å². The van der Waals surface area contributed by atoms with Gasteiger partial charge >= 0.3 is 0 Å². The molecule has 17 heavy (non-hydrogen) atoms. The van der Waals surface area contributed by atoms with Crippen LogP contribution in [0, 0.1) is 0 Å². The second-order valence-corrected chi connectivity index (χ2v) is 5.29. The lowest BCUT2D eigenvalue weighted by Gasteiger charge is -2.35. The van der Waals surface area contributed by atoms with Crippen molar-refractivity contribution in [1.82, 2.24) is 5.32 Å². The fourth-order valence-corrected chi connectivity index (χ4v) is 2.54. The molecule has 0 saturated carbocycles. The van der Waals surface area contributed by atoms with Crippen LogP contribution in [0.15, 0.2) is 24.3 Å². The first-order valence-corrected chi connectivity index (χ1v) is 6.60. The van der Waals surface area contributed by atoms with E-state index in [4.69, 9.17) is 4.74 Å². The second-order valence-electron chi connectivity index (χ2n) is 5.29. The van der Waals surface area contributed by atoms with Crippen LogP contribution in [0.25, 0.3) is 0 Å². The minimum Gasteiger partial charge on any atom is -0.497 e. The molecule has 1 atom stereocenters. The summed E-state index contributed by atoms with van der Waals surface area (Å²) in [5.74, 6) is 0.941. The molecule has 1 aromatic carbocycles. The van der Waals surface area contributed by atoms with E-state index in [0.29, 0.717) is 5.54 Å². The minimum absolute atomic E-state index is 0.345. The van der Waals surface area contributed by atoms with E-state index >= 15 is 0 Å². The van der Waals surface area contributed by atoms with E-state index in [2.05, 4.69) is 24.4 Å². The molecule has 0 bridgehead atoms. The SMILES string of the molecule is COc1ccc(CCC2(C)CCCCN2)cc1. The maximum Gasteiger partial charge on any atom is 0.118 e. The van der Waals surface area contributed by atoms with Gasteiger partial charge in [0.15, 0.2) is 0 Å². The summed E-state index contributed by atoms with van der Waals surface area (Å²) < 4.78 is 5.17. The molecular weight excluding hydrogens is 210 g/mol. The van der Waals surface area contributed by atoms with Crippen LogP contribution in [0.2, 0.25) is 0 Å². The number of piperidine rings is 1. The number of aryl methyl sites for hydroxylation is 1. The molecule has 1 aliphatic rings. The monoisotopic (exact) mass is 233 g/mol. The first-order chi connectivity index (χ1) is 8.22. The third kappa shape index (κ3) is 3.47. The van der Waals surface area contributed by atoms with Gasteiger partial charge in [-0.25, -0.2) is 0 Å². The third-order valence-corrected chi connectivity index (χ3v) is 3.83. The predicted molar refractivity (Wildman–Crippen MR) is 71.6 cm³/mol. The lowest BCUT2D eigenvalue weighted by Crippen LogP contribution is -2.46. The highest BCUT2D eigenvalue weighted by Crippen LogP contribution is 2.24. The van der Waals surface area contributed by atoms with Gasteiger partial charge in [-0.2, -0.15) is 0 Å². The Balaban J connectivity index is 1.87. The summed E-state index contributed by atoms with van der Waals surface area (Å²) in [5.41, 5.74) is 1.75. The summed E-state index contributed by atoms with van der Waals surface area (Å²) in [6.45, 7) is 3.54. The van der Waals surface area contributed by atoms with Crippen LogP contribution >= 0.6 is 0 Å². The van der Waals surface area contributed by atoms with Crippen molar-refractivity contribution >= 4 is 0 Å². The molecule has 1 fully saturated rings. The van der Waals surface area contributed by atoms with E-state index < -0.39 is 0 Å². The first-order valence-electron chi connectivity index (χ1n) is 6.60. The van der Waals surface area contributed by atoms with Gasteiger partial charge in [-0.05, 0) is 56.8 Å². The lowest BCUT2D eigenvalue weighted by atomic mass is 9.85. The minimum atomic E-state index is 0.345. The lowest BCUT2D eigenvalue weighted by molar-refractivity contribution is 0.261. The quantitative estimate of drug-likeness (QED) is 0.862. The maximum absolute atomic E-state index is 5.17. The first kappa shape index (κ1) is 12.4. The number of nitrogens with one attached hydrogen (secondary N) is 1. The normalized spacial score (nSPS) is 24.6. The molecule has 1 unspecified atom stereocenters. The Morgan fingerprint density at radius 2 is 2.00 bits per heavy atom. The molecule has 0 spiro atoms. The summed E-state index contributed by atoms with van der Waals surface area (Å²) in [5, 5.41) is 3.66. The fourth-order valence-electron chi connectivity index (χ4n) is 2.54. The van der Waals surface area contributed by atoms with Crippen molar-refractivity contribution in [1.29, 1.82) is 0 Å². The van der Waals surface area contributed by atoms with Gasteiger partial charge in [-0.15, -0.1) is 0 Å². The molecule has 2 nitrogen and oxygen atoms in total. The second kappa shape index (κ2) is 5.54. The van der Waals surface area contributed by atoms with E-state index in [-0.39, 0.29) is 0 Å². The molecular formula is C15H23NO. The molecule has 1 aromatic rings. The van der Waals surface area contributed by atoms with E-state index in [0.717, 1.165) is 12.2 Å². The number of ether oxygens (including phenoxy) is 1. The van der Waals surface area contributed by atoms with Crippen LogP contribution in [0.4, 0.5) is 0 Å². The van der Waals surface area contributed by atoms with Gasteiger partial charge in [-0.3, -0.25) is 0 Å². The van der Waals surface area contributed by atoms with Crippen LogP contribution in [-0.2, 0) is 6.42 Å². The van der Waals surface area contributed by atoms with E-state index in [1.54, 1.807) is 7.11 Å². The van der Waals surface area contributed by atoms with Crippen LogP contribution in [0.1, 0.15) is 38.2 Å². The van der Waals surface area contributed by atoms with E-state index in [9.17, 15) is 0 Å². The molecule has 0 aliphatic carbocycles. The standard InChI is InChI=1S/C15H23NO/c1-15(10-3-4-12-16-15)11-9-13-5-7-14(17-2)8-6-13/h5-8,16H,3-4,9-12H2,1-2H3. The van der Waals surface area contributed by atoms with Gasteiger partial charge in [0.05, 0.1) is 7.11 Å². The highest BCUT2D eigenvalue weighted by Gasteiger charge is 2.25. The molecule has 0 aromatic heterocycles. The zero-order chi connectivity index (χ0) is 12.1. The molecule has 2 heteroatoms. The highest BCUT2D eigenvalue weighted by molar-refractivity contribution is 5.27. The largest absolute Gasteiger partial charge is 0.497 e. The van der Waals surface area contributed by atoms with Crippen molar-refractivity contribution in [2.24, 2.45) is 0 Å². The molecule has 94 valence electrons. The van der Waals surface area contributed by atoms with E-state index in [1.807, 2.05) is 12.1 Å². The van der Waals surface area contributed by atoms with Gasteiger partial charge in [0.25, 0.3) is 0 Å². The number of rotatable bonds is 4. The summed E-state index contributed by atoms with van der Waals surface area (Å²) >= 11 is 0. The summed E-state index contributed by atoms with van der Waals surface area (Å²) in [6.07, 6.45) is 6.38. The maximum atomic E-state index is 5.17. The average Bonchev–Trinajstić information content (AvgIpc) is 2.38. The Hall–Kier alpha value is -1.02. The Kier molecular flexibility index (Phi) is 4.06. The average molecular weight is 233 g/mol. The number of hydrogen-bond acceptors (Lipinski definition) is 2. The van der Waals surface area contributed by atoms with Gasteiger partial charge in [0.2, 0.25) is 0 Å². The predicted octanol–water partition coefficient (Wildman–Crippen LogP) is 3.16. The Bertz CT molecular complexity index is 338. The Morgan fingerprint density at radius 1 is 1.24 bits per heavy atom. The fraction of sp³-hybridized carbons (Fsp3) is 0.600. The molecule has 1 N–H and O–H groups in total. The summed E-state index contributed by atoms with van der Waals surface area (Å²) in [6, 6.07) is 8.44. The van der Waals surface area contributed by atoms with Crippen LogP contribution in [0.5, 0.6) is 5.75 Å². The molecule has 2 rings (SSSR count). The van der Waals surface area contributed by atoms with Crippen molar-refractivity contribution in [3.05, 3.63) is 29.8 Å². The molecule has 1 heterocycles. The van der Waals surface area contributed by atoms with E-state index in [1.165, 1.54) is 37.8 Å². The van der Waals surface area contributed by atoms with Gasteiger partial charge < -0.3 is 10.1 Å². The Labute approximate surface area is 104 Å². The van der Waals surface area contributed by atoms with Crippen molar-refractivity contribution < 1.29 is 4.74 Å². The molecule has 1 saturated heterocycles. The topological polar surface area (TPSA) is 21.3 Å². The zero-order valence-electron chi connectivity index (χ0n) is 11.0. The summed E-state index contributed by atoms with van der Waals surface area (Å²) in [4.78, 5) is 0. The van der Waals surface area contributed by atoms with Crippen LogP contribution < -0.4 is 10.1 Å². The van der Waals surface area contributed by atoms with Gasteiger partial charge in [0, 0.05) is 5.54 Å². The van der Waals surface area contributed by atoms with Crippen LogP contribution in [-0.4, -0.2) is 19.2 Å². The van der Waals surface area contributed by atoms with Crippen molar-refractivity contribution in [3.8, 4) is 5.75 Å². The number of hydrogen-bond donors (Lipinski definition) is 1. The number of methoxy groups -OCH3 is 1. The van der Waals surface area contributed by atoms with Gasteiger partial charge in [-0.1, -0.05) is 18.6 Å². The molecule has 0 radical (unpaired) electrons. The van der Waals surface area contributed by atoms with Crippen molar-refractivity contribution in [2.45, 2.75) is 44.6 Å². The number of benzene rings is 1.